The van der Waals surface area contributed by atoms with Crippen LogP contribution in [0.1, 0.15) is 10.4 Å². The summed E-state index contributed by atoms with van der Waals surface area (Å²) in [7, 11) is 0. The van der Waals surface area contributed by atoms with Gasteiger partial charge in [-0.2, -0.15) is 0 Å². The number of carbonyl (C=O) groups excluding carboxylic acids is 1. The zero-order valence-electron chi connectivity index (χ0n) is 9.78. The fourth-order valence-electron chi connectivity index (χ4n) is 1.58. The topological polar surface area (TPSA) is 67.1 Å². The molecule has 0 atom stereocenters. The summed E-state index contributed by atoms with van der Waals surface area (Å²) in [6.45, 7) is 0. The number of hydrogen-bond acceptors (Lipinski definition) is 3. The van der Waals surface area contributed by atoms with Crippen LogP contribution in [0.25, 0.3) is 0 Å². The molecular weight excluding hydrogens is 285 g/mol. The molecule has 4 N–H and O–H groups in total. The predicted octanol–water partition coefficient (Wildman–Crippen LogP) is 3.34. The average molecular weight is 296 g/mol. The van der Waals surface area contributed by atoms with E-state index in [9.17, 15) is 4.79 Å². The Balaban J connectivity index is 2.35. The van der Waals surface area contributed by atoms with Crippen LogP contribution in [0.2, 0.25) is 10.0 Å². The minimum Gasteiger partial charge on any atom is -0.355 e. The van der Waals surface area contributed by atoms with Crippen molar-refractivity contribution in [3.8, 4) is 0 Å². The van der Waals surface area contributed by atoms with Gasteiger partial charge in [0, 0.05) is 15.7 Å². The Hall–Kier alpha value is -1.75. The Morgan fingerprint density at radius 1 is 1.00 bits per heavy atom. The largest absolute Gasteiger partial charge is 0.355 e. The van der Waals surface area contributed by atoms with E-state index < -0.39 is 5.91 Å². The first kappa shape index (κ1) is 13.7. The average Bonchev–Trinajstić information content (AvgIpc) is 2.41. The van der Waals surface area contributed by atoms with Gasteiger partial charge in [-0.1, -0.05) is 23.2 Å². The van der Waals surface area contributed by atoms with Gasteiger partial charge in [0.05, 0.1) is 11.3 Å². The van der Waals surface area contributed by atoms with E-state index in [1.54, 1.807) is 42.5 Å². The number of anilines is 2. The Morgan fingerprint density at radius 2 is 1.63 bits per heavy atom. The number of hydrazine groups is 1. The number of rotatable bonds is 3. The van der Waals surface area contributed by atoms with E-state index in [-0.39, 0.29) is 0 Å². The normalized spacial score (nSPS) is 10.1. The standard InChI is InChI=1S/C13H11Cl2N3O/c14-8-1-4-10(5-2-8)17-12-7-9(15)3-6-11(12)13(19)18-16/h1-7,17H,16H2,(H,18,19). The molecule has 0 aliphatic carbocycles. The summed E-state index contributed by atoms with van der Waals surface area (Å²) in [6.07, 6.45) is 0. The van der Waals surface area contributed by atoms with Crippen LogP contribution < -0.4 is 16.6 Å². The molecule has 0 fully saturated rings. The molecule has 0 spiro atoms. The number of nitrogens with one attached hydrogen (secondary N) is 2. The maximum atomic E-state index is 11.6. The van der Waals surface area contributed by atoms with Gasteiger partial charge in [-0.15, -0.1) is 0 Å². The van der Waals surface area contributed by atoms with Gasteiger partial charge in [0.2, 0.25) is 0 Å². The van der Waals surface area contributed by atoms with Gasteiger partial charge >= 0.3 is 0 Å². The summed E-state index contributed by atoms with van der Waals surface area (Å²) in [5.74, 6) is 4.75. The molecule has 0 saturated heterocycles. The minimum atomic E-state index is -0.395. The molecule has 0 unspecified atom stereocenters. The van der Waals surface area contributed by atoms with Crippen molar-refractivity contribution in [2.45, 2.75) is 0 Å². The Bertz CT molecular complexity index is 599. The summed E-state index contributed by atoms with van der Waals surface area (Å²) in [6, 6.07) is 12.0. The fraction of sp³-hybridized carbons (Fsp3) is 0. The number of nitrogens with two attached hydrogens (primary N) is 1. The molecule has 98 valence electrons. The summed E-state index contributed by atoms with van der Waals surface area (Å²) in [4.78, 5) is 11.6. The van der Waals surface area contributed by atoms with Gasteiger partial charge in [-0.25, -0.2) is 5.84 Å². The van der Waals surface area contributed by atoms with Crippen molar-refractivity contribution in [3.05, 3.63) is 58.1 Å². The molecule has 0 aliphatic rings. The van der Waals surface area contributed by atoms with Gasteiger partial charge in [-0.05, 0) is 42.5 Å². The molecule has 2 aromatic rings. The van der Waals surface area contributed by atoms with E-state index in [1.165, 1.54) is 0 Å². The van der Waals surface area contributed by atoms with Crippen LogP contribution in [-0.4, -0.2) is 5.91 Å². The lowest BCUT2D eigenvalue weighted by atomic mass is 10.1. The van der Waals surface area contributed by atoms with Crippen molar-refractivity contribution < 1.29 is 4.79 Å². The first-order chi connectivity index (χ1) is 9.10. The number of halogens is 2. The SMILES string of the molecule is NNC(=O)c1ccc(Cl)cc1Nc1ccc(Cl)cc1. The van der Waals surface area contributed by atoms with Crippen LogP contribution in [0.4, 0.5) is 11.4 Å². The van der Waals surface area contributed by atoms with Crippen molar-refractivity contribution in [2.24, 2.45) is 5.84 Å². The number of carbonyl (C=O) groups is 1. The van der Waals surface area contributed by atoms with Gasteiger partial charge < -0.3 is 5.32 Å². The Labute approximate surface area is 120 Å². The van der Waals surface area contributed by atoms with E-state index in [0.29, 0.717) is 21.3 Å². The second-order valence-corrected chi connectivity index (χ2v) is 4.67. The first-order valence-electron chi connectivity index (χ1n) is 5.43. The van der Waals surface area contributed by atoms with Gasteiger partial charge in [0.15, 0.2) is 0 Å². The van der Waals surface area contributed by atoms with E-state index in [0.717, 1.165) is 5.69 Å². The smallest absolute Gasteiger partial charge is 0.267 e. The lowest BCUT2D eigenvalue weighted by Gasteiger charge is -2.11. The quantitative estimate of drug-likeness (QED) is 0.462. The lowest BCUT2D eigenvalue weighted by Crippen LogP contribution is -2.30. The van der Waals surface area contributed by atoms with Crippen LogP contribution in [0.15, 0.2) is 42.5 Å². The van der Waals surface area contributed by atoms with Gasteiger partial charge in [0.25, 0.3) is 5.91 Å². The van der Waals surface area contributed by atoms with Crippen molar-refractivity contribution in [1.29, 1.82) is 0 Å². The first-order valence-corrected chi connectivity index (χ1v) is 6.19. The van der Waals surface area contributed by atoms with Crippen LogP contribution in [0, 0.1) is 0 Å². The van der Waals surface area contributed by atoms with Crippen LogP contribution in [-0.2, 0) is 0 Å². The molecule has 2 rings (SSSR count). The second kappa shape index (κ2) is 5.93. The molecule has 6 heteroatoms. The number of hydrogen-bond donors (Lipinski definition) is 3. The Morgan fingerprint density at radius 3 is 2.26 bits per heavy atom. The van der Waals surface area contributed by atoms with Gasteiger partial charge in [0.1, 0.15) is 0 Å². The highest BCUT2D eigenvalue weighted by Crippen LogP contribution is 2.25. The van der Waals surface area contributed by atoms with Crippen LogP contribution >= 0.6 is 23.2 Å². The maximum Gasteiger partial charge on any atom is 0.267 e. The van der Waals surface area contributed by atoms with Crippen LogP contribution in [0.5, 0.6) is 0 Å². The highest BCUT2D eigenvalue weighted by atomic mass is 35.5. The molecule has 0 heterocycles. The molecule has 1 amide bonds. The number of amides is 1. The molecule has 4 nitrogen and oxygen atoms in total. The molecule has 0 aliphatic heterocycles. The molecule has 0 saturated carbocycles. The number of nitrogen functional groups attached to an aromatic ring is 1. The third-order valence-electron chi connectivity index (χ3n) is 2.48. The second-order valence-electron chi connectivity index (χ2n) is 3.80. The van der Waals surface area contributed by atoms with Crippen molar-refractivity contribution in [2.75, 3.05) is 5.32 Å². The Kier molecular flexibility index (Phi) is 4.27. The molecule has 0 radical (unpaired) electrons. The summed E-state index contributed by atoms with van der Waals surface area (Å²) in [5.41, 5.74) is 3.85. The zero-order chi connectivity index (χ0) is 13.8. The van der Waals surface area contributed by atoms with Crippen LogP contribution in [0.3, 0.4) is 0 Å². The highest BCUT2D eigenvalue weighted by Gasteiger charge is 2.11. The lowest BCUT2D eigenvalue weighted by molar-refractivity contribution is 0.0954. The summed E-state index contributed by atoms with van der Waals surface area (Å²) >= 11 is 11.7. The van der Waals surface area contributed by atoms with E-state index in [2.05, 4.69) is 10.7 Å². The fourth-order valence-corrected chi connectivity index (χ4v) is 1.88. The third-order valence-corrected chi connectivity index (χ3v) is 2.97. The molecular formula is C13H11Cl2N3O. The van der Waals surface area contributed by atoms with Crippen molar-refractivity contribution in [3.63, 3.8) is 0 Å². The number of benzene rings is 2. The van der Waals surface area contributed by atoms with Gasteiger partial charge in [-0.3, -0.25) is 10.2 Å². The highest BCUT2D eigenvalue weighted by molar-refractivity contribution is 6.31. The monoisotopic (exact) mass is 295 g/mol. The molecule has 0 bridgehead atoms. The summed E-state index contributed by atoms with van der Waals surface area (Å²) < 4.78 is 0. The predicted molar refractivity (Wildman–Crippen MR) is 77.8 cm³/mol. The minimum absolute atomic E-state index is 0.395. The molecule has 19 heavy (non-hydrogen) atoms. The third kappa shape index (κ3) is 3.38. The molecule has 0 aromatic heterocycles. The maximum absolute atomic E-state index is 11.6. The van der Waals surface area contributed by atoms with E-state index in [4.69, 9.17) is 29.0 Å². The van der Waals surface area contributed by atoms with E-state index >= 15 is 0 Å². The van der Waals surface area contributed by atoms with Crippen molar-refractivity contribution in [1.82, 2.24) is 5.43 Å². The molecule has 2 aromatic carbocycles. The van der Waals surface area contributed by atoms with Crippen molar-refractivity contribution >= 4 is 40.5 Å². The zero-order valence-corrected chi connectivity index (χ0v) is 11.3. The summed E-state index contributed by atoms with van der Waals surface area (Å²) in [5, 5.41) is 4.25. The van der Waals surface area contributed by atoms with E-state index in [1.807, 2.05) is 0 Å².